The molecule has 1 aromatic rings. The Kier molecular flexibility index (Phi) is 4.05. The summed E-state index contributed by atoms with van der Waals surface area (Å²) in [7, 11) is 0. The van der Waals surface area contributed by atoms with Crippen LogP contribution in [0, 0.1) is 6.92 Å². The minimum absolute atomic E-state index is 0.570. The van der Waals surface area contributed by atoms with Crippen molar-refractivity contribution < 1.29 is 4.74 Å². The number of nitrogens with one attached hydrogen (secondary N) is 1. The molecule has 20 heavy (non-hydrogen) atoms. The molecule has 0 saturated carbocycles. The van der Waals surface area contributed by atoms with Crippen LogP contribution < -0.4 is 15.0 Å². The molecule has 2 saturated heterocycles. The van der Waals surface area contributed by atoms with Gasteiger partial charge in [0, 0.05) is 18.6 Å². The summed E-state index contributed by atoms with van der Waals surface area (Å²) in [6, 6.07) is 1.18. The third kappa shape index (κ3) is 2.46. The third-order valence-electron chi connectivity index (χ3n) is 4.43. The molecule has 0 spiro atoms. The molecule has 2 aliphatic heterocycles. The van der Waals surface area contributed by atoms with E-state index < -0.39 is 0 Å². The van der Waals surface area contributed by atoms with Crippen LogP contribution in [0.15, 0.2) is 6.33 Å². The van der Waals surface area contributed by atoms with Crippen LogP contribution in [0.4, 0.5) is 5.82 Å². The predicted molar refractivity (Wildman–Crippen MR) is 79.3 cm³/mol. The van der Waals surface area contributed by atoms with Gasteiger partial charge in [0.15, 0.2) is 0 Å². The van der Waals surface area contributed by atoms with Crippen molar-refractivity contribution in [1.82, 2.24) is 15.3 Å². The Morgan fingerprint density at radius 1 is 1.35 bits per heavy atom. The Hall–Kier alpha value is -1.36. The number of hydrogen-bond acceptors (Lipinski definition) is 5. The van der Waals surface area contributed by atoms with Crippen LogP contribution in [0.3, 0.4) is 0 Å². The third-order valence-corrected chi connectivity index (χ3v) is 4.43. The number of ether oxygens (including phenoxy) is 1. The van der Waals surface area contributed by atoms with Crippen LogP contribution >= 0.6 is 0 Å². The number of aromatic nitrogens is 2. The van der Waals surface area contributed by atoms with E-state index >= 15 is 0 Å². The fourth-order valence-corrected chi connectivity index (χ4v) is 3.51. The summed E-state index contributed by atoms with van der Waals surface area (Å²) >= 11 is 0. The predicted octanol–water partition coefficient (Wildman–Crippen LogP) is 1.90. The number of nitrogens with zero attached hydrogens (tertiary/aromatic N) is 3. The zero-order chi connectivity index (χ0) is 13.9. The minimum Gasteiger partial charge on any atom is -0.478 e. The average molecular weight is 276 g/mol. The van der Waals surface area contributed by atoms with Gasteiger partial charge in [-0.25, -0.2) is 9.97 Å². The molecule has 3 heterocycles. The van der Waals surface area contributed by atoms with Crippen molar-refractivity contribution in [3.05, 3.63) is 11.9 Å². The topological polar surface area (TPSA) is 50.3 Å². The second-order valence-electron chi connectivity index (χ2n) is 5.67. The lowest BCUT2D eigenvalue weighted by atomic mass is 10.0. The van der Waals surface area contributed by atoms with Crippen LogP contribution in [-0.4, -0.2) is 41.7 Å². The SMILES string of the molecule is CCOc1ncnc(N2CCCC2C2CCCN2)c1C. The van der Waals surface area contributed by atoms with Crippen LogP contribution in [0.5, 0.6) is 5.88 Å². The molecule has 1 N–H and O–H groups in total. The molecular weight excluding hydrogens is 252 g/mol. The zero-order valence-corrected chi connectivity index (χ0v) is 12.4. The minimum atomic E-state index is 0.570. The first-order valence-corrected chi connectivity index (χ1v) is 7.75. The maximum atomic E-state index is 5.60. The van der Waals surface area contributed by atoms with E-state index in [4.69, 9.17) is 4.74 Å². The Morgan fingerprint density at radius 2 is 2.25 bits per heavy atom. The van der Waals surface area contributed by atoms with Gasteiger partial charge >= 0.3 is 0 Å². The molecule has 0 amide bonds. The Labute approximate surface area is 120 Å². The van der Waals surface area contributed by atoms with Crippen LogP contribution in [-0.2, 0) is 0 Å². The van der Waals surface area contributed by atoms with Gasteiger partial charge in [0.05, 0.1) is 12.2 Å². The molecule has 0 aromatic carbocycles. The van der Waals surface area contributed by atoms with Crippen molar-refractivity contribution in [2.45, 2.75) is 51.6 Å². The highest BCUT2D eigenvalue weighted by Crippen LogP contribution is 2.32. The van der Waals surface area contributed by atoms with Gasteiger partial charge in [-0.3, -0.25) is 0 Å². The molecular formula is C15H24N4O. The van der Waals surface area contributed by atoms with E-state index in [0.29, 0.717) is 18.7 Å². The maximum Gasteiger partial charge on any atom is 0.221 e. The average Bonchev–Trinajstić information content (AvgIpc) is 3.10. The second kappa shape index (κ2) is 5.95. The van der Waals surface area contributed by atoms with E-state index in [9.17, 15) is 0 Å². The first-order valence-electron chi connectivity index (χ1n) is 7.75. The summed E-state index contributed by atoms with van der Waals surface area (Å²) in [5.74, 6) is 1.78. The molecule has 5 nitrogen and oxygen atoms in total. The monoisotopic (exact) mass is 276 g/mol. The van der Waals surface area contributed by atoms with Crippen molar-refractivity contribution in [2.24, 2.45) is 0 Å². The van der Waals surface area contributed by atoms with Gasteiger partial charge in [-0.05, 0) is 46.1 Å². The lowest BCUT2D eigenvalue weighted by Crippen LogP contribution is -2.44. The fourth-order valence-electron chi connectivity index (χ4n) is 3.51. The van der Waals surface area contributed by atoms with E-state index in [0.717, 1.165) is 30.4 Å². The van der Waals surface area contributed by atoms with Crippen molar-refractivity contribution in [3.8, 4) is 5.88 Å². The normalized spacial score (nSPS) is 26.2. The van der Waals surface area contributed by atoms with Gasteiger partial charge in [0.25, 0.3) is 0 Å². The summed E-state index contributed by atoms with van der Waals surface area (Å²) in [5.41, 5.74) is 1.07. The molecule has 2 aliphatic rings. The summed E-state index contributed by atoms with van der Waals surface area (Å²) in [4.78, 5) is 11.2. The summed E-state index contributed by atoms with van der Waals surface area (Å²) in [5, 5.41) is 3.64. The van der Waals surface area contributed by atoms with Gasteiger partial charge < -0.3 is 15.0 Å². The van der Waals surface area contributed by atoms with E-state index in [1.165, 1.54) is 25.7 Å². The van der Waals surface area contributed by atoms with E-state index in [2.05, 4.69) is 27.1 Å². The van der Waals surface area contributed by atoms with E-state index in [1.807, 2.05) is 6.92 Å². The largest absolute Gasteiger partial charge is 0.478 e. The first kappa shape index (κ1) is 13.6. The van der Waals surface area contributed by atoms with Gasteiger partial charge in [0.2, 0.25) is 5.88 Å². The molecule has 0 bridgehead atoms. The van der Waals surface area contributed by atoms with Gasteiger partial charge in [-0.1, -0.05) is 0 Å². The van der Waals surface area contributed by atoms with Gasteiger partial charge in [-0.2, -0.15) is 0 Å². The standard InChI is InChI=1S/C15H24N4O/c1-3-20-15-11(2)14(17-10-18-15)19-9-5-7-13(19)12-6-4-8-16-12/h10,12-13,16H,3-9H2,1-2H3. The number of anilines is 1. The molecule has 110 valence electrons. The fraction of sp³-hybridized carbons (Fsp3) is 0.733. The highest BCUT2D eigenvalue weighted by molar-refractivity contribution is 5.52. The molecule has 0 radical (unpaired) electrons. The van der Waals surface area contributed by atoms with Crippen molar-refractivity contribution >= 4 is 5.82 Å². The molecule has 2 atom stereocenters. The van der Waals surface area contributed by atoms with E-state index in [-0.39, 0.29) is 0 Å². The van der Waals surface area contributed by atoms with Crippen molar-refractivity contribution in [3.63, 3.8) is 0 Å². The molecule has 3 rings (SSSR count). The summed E-state index contributed by atoms with van der Waals surface area (Å²) < 4.78 is 5.60. The van der Waals surface area contributed by atoms with Crippen LogP contribution in [0.25, 0.3) is 0 Å². The van der Waals surface area contributed by atoms with Crippen molar-refractivity contribution in [2.75, 3.05) is 24.6 Å². The Bertz CT molecular complexity index is 459. The lowest BCUT2D eigenvalue weighted by Gasteiger charge is -2.31. The molecule has 2 fully saturated rings. The quantitative estimate of drug-likeness (QED) is 0.910. The smallest absolute Gasteiger partial charge is 0.221 e. The van der Waals surface area contributed by atoms with Crippen molar-refractivity contribution in [1.29, 1.82) is 0 Å². The molecule has 1 aromatic heterocycles. The summed E-state index contributed by atoms with van der Waals surface area (Å²) in [6.45, 7) is 6.94. The van der Waals surface area contributed by atoms with E-state index in [1.54, 1.807) is 6.33 Å². The van der Waals surface area contributed by atoms with Gasteiger partial charge in [-0.15, -0.1) is 0 Å². The maximum absolute atomic E-state index is 5.60. The number of rotatable bonds is 4. The molecule has 5 heteroatoms. The second-order valence-corrected chi connectivity index (χ2v) is 5.67. The van der Waals surface area contributed by atoms with Crippen LogP contribution in [0.2, 0.25) is 0 Å². The Morgan fingerprint density at radius 3 is 3.00 bits per heavy atom. The van der Waals surface area contributed by atoms with Crippen LogP contribution in [0.1, 0.15) is 38.2 Å². The lowest BCUT2D eigenvalue weighted by molar-refractivity contribution is 0.323. The first-order chi connectivity index (χ1) is 9.81. The summed E-state index contributed by atoms with van der Waals surface area (Å²) in [6.07, 6.45) is 6.71. The molecule has 2 unspecified atom stereocenters. The highest BCUT2D eigenvalue weighted by Gasteiger charge is 2.34. The Balaban J connectivity index is 1.85. The zero-order valence-electron chi connectivity index (χ0n) is 12.4. The number of hydrogen-bond donors (Lipinski definition) is 1. The highest BCUT2D eigenvalue weighted by atomic mass is 16.5. The van der Waals surface area contributed by atoms with Gasteiger partial charge in [0.1, 0.15) is 12.1 Å². The molecule has 0 aliphatic carbocycles.